The number of hydrogen-bond donors (Lipinski definition) is 1. The van der Waals surface area contributed by atoms with Gasteiger partial charge in [0.05, 0.1) is 19.9 Å². The third-order valence-electron chi connectivity index (χ3n) is 2.27. The predicted octanol–water partition coefficient (Wildman–Crippen LogP) is 2.55. The fraction of sp³-hybridized carbons (Fsp3) is 0.182. The highest BCUT2D eigenvalue weighted by atomic mass is 32.1. The lowest BCUT2D eigenvalue weighted by Gasteiger charge is -2.09. The molecule has 4 nitrogen and oxygen atoms in total. The summed E-state index contributed by atoms with van der Waals surface area (Å²) in [6, 6.07) is 2.81. The van der Waals surface area contributed by atoms with Crippen LogP contribution in [-0.4, -0.2) is 19.2 Å². The summed E-state index contributed by atoms with van der Waals surface area (Å²) in [6.07, 6.45) is 0. The summed E-state index contributed by atoms with van der Waals surface area (Å²) in [7, 11) is 2.95. The van der Waals surface area contributed by atoms with E-state index >= 15 is 0 Å². The first-order valence-corrected chi connectivity index (χ1v) is 5.66. The van der Waals surface area contributed by atoms with Crippen molar-refractivity contribution in [2.75, 3.05) is 20.0 Å². The number of nitrogens with two attached hydrogens (primary N) is 1. The van der Waals surface area contributed by atoms with Crippen LogP contribution >= 0.6 is 11.3 Å². The van der Waals surface area contributed by atoms with Crippen LogP contribution in [0.25, 0.3) is 11.3 Å². The largest absolute Gasteiger partial charge is 0.493 e. The molecule has 1 aromatic carbocycles. The van der Waals surface area contributed by atoms with Crippen molar-refractivity contribution in [3.8, 4) is 22.8 Å². The van der Waals surface area contributed by atoms with E-state index in [1.54, 1.807) is 11.4 Å². The third kappa shape index (κ3) is 2.16. The molecule has 2 N–H and O–H groups in total. The Morgan fingerprint density at radius 2 is 1.88 bits per heavy atom. The second kappa shape index (κ2) is 4.58. The summed E-state index contributed by atoms with van der Waals surface area (Å²) < 4.78 is 24.0. The van der Waals surface area contributed by atoms with Crippen LogP contribution in [0.15, 0.2) is 17.5 Å². The van der Waals surface area contributed by atoms with E-state index in [2.05, 4.69) is 4.98 Å². The first kappa shape index (κ1) is 11.7. The van der Waals surface area contributed by atoms with Gasteiger partial charge in [-0.1, -0.05) is 0 Å². The lowest BCUT2D eigenvalue weighted by atomic mass is 10.1. The van der Waals surface area contributed by atoms with Crippen LogP contribution in [0, 0.1) is 5.82 Å². The van der Waals surface area contributed by atoms with Gasteiger partial charge in [0.15, 0.2) is 16.6 Å². The van der Waals surface area contributed by atoms with Crippen LogP contribution in [0.5, 0.6) is 11.5 Å². The van der Waals surface area contributed by atoms with E-state index in [0.717, 1.165) is 0 Å². The monoisotopic (exact) mass is 254 g/mol. The summed E-state index contributed by atoms with van der Waals surface area (Å²) in [4.78, 5) is 4.03. The zero-order chi connectivity index (χ0) is 12.4. The quantitative estimate of drug-likeness (QED) is 0.914. The van der Waals surface area contributed by atoms with Crippen LogP contribution < -0.4 is 15.2 Å². The van der Waals surface area contributed by atoms with Crippen molar-refractivity contribution in [2.45, 2.75) is 0 Å². The maximum absolute atomic E-state index is 13.8. The molecule has 90 valence electrons. The van der Waals surface area contributed by atoms with E-state index < -0.39 is 5.82 Å². The summed E-state index contributed by atoms with van der Waals surface area (Å²) in [6.45, 7) is 0. The second-order valence-corrected chi connectivity index (χ2v) is 4.15. The molecule has 17 heavy (non-hydrogen) atoms. The number of halogens is 1. The molecule has 0 aliphatic heterocycles. The lowest BCUT2D eigenvalue weighted by molar-refractivity contribution is 0.352. The second-order valence-electron chi connectivity index (χ2n) is 3.26. The topological polar surface area (TPSA) is 57.4 Å². The molecule has 0 radical (unpaired) electrons. The van der Waals surface area contributed by atoms with Crippen LogP contribution in [0.2, 0.25) is 0 Å². The van der Waals surface area contributed by atoms with Crippen LogP contribution in [-0.2, 0) is 0 Å². The molecular formula is C11H11FN2O2S. The normalized spacial score (nSPS) is 10.3. The van der Waals surface area contributed by atoms with Crippen molar-refractivity contribution in [1.82, 2.24) is 4.98 Å². The molecule has 0 saturated carbocycles. The minimum atomic E-state index is -0.423. The van der Waals surface area contributed by atoms with Crippen LogP contribution in [0.3, 0.4) is 0 Å². The van der Waals surface area contributed by atoms with Crippen molar-refractivity contribution in [3.63, 3.8) is 0 Å². The molecule has 0 atom stereocenters. The fourth-order valence-electron chi connectivity index (χ4n) is 1.46. The van der Waals surface area contributed by atoms with Gasteiger partial charge < -0.3 is 15.2 Å². The number of aromatic nitrogens is 1. The zero-order valence-corrected chi connectivity index (χ0v) is 10.2. The third-order valence-corrected chi connectivity index (χ3v) is 2.95. The van der Waals surface area contributed by atoms with Gasteiger partial charge in [-0.05, 0) is 6.07 Å². The molecule has 2 rings (SSSR count). The van der Waals surface area contributed by atoms with E-state index in [1.807, 2.05) is 0 Å². The van der Waals surface area contributed by atoms with Gasteiger partial charge in [-0.2, -0.15) is 0 Å². The summed E-state index contributed by atoms with van der Waals surface area (Å²) in [5.74, 6) is 0.375. The summed E-state index contributed by atoms with van der Waals surface area (Å²) in [5.41, 5.74) is 6.36. The molecular weight excluding hydrogens is 243 g/mol. The number of nitrogens with zero attached hydrogens (tertiary/aromatic N) is 1. The molecule has 0 fully saturated rings. The number of hydrogen-bond acceptors (Lipinski definition) is 5. The van der Waals surface area contributed by atoms with Gasteiger partial charge in [0, 0.05) is 17.0 Å². The number of thiazole rings is 1. The SMILES string of the molecule is COc1cc(F)c(-c2csc(N)n2)cc1OC. The Balaban J connectivity index is 2.55. The van der Waals surface area contributed by atoms with E-state index in [-0.39, 0.29) is 0 Å². The smallest absolute Gasteiger partial charge is 0.180 e. The highest BCUT2D eigenvalue weighted by molar-refractivity contribution is 7.13. The molecule has 1 aromatic heterocycles. The first-order chi connectivity index (χ1) is 8.15. The van der Waals surface area contributed by atoms with Crippen molar-refractivity contribution in [2.24, 2.45) is 0 Å². The minimum Gasteiger partial charge on any atom is -0.493 e. The number of rotatable bonds is 3. The Labute approximate surface area is 102 Å². The molecule has 0 bridgehead atoms. The molecule has 1 heterocycles. The summed E-state index contributed by atoms with van der Waals surface area (Å²) in [5, 5.41) is 2.09. The molecule has 0 aliphatic carbocycles. The highest BCUT2D eigenvalue weighted by Gasteiger charge is 2.14. The average molecular weight is 254 g/mol. The maximum Gasteiger partial charge on any atom is 0.180 e. The van der Waals surface area contributed by atoms with Gasteiger partial charge in [0.25, 0.3) is 0 Å². The predicted molar refractivity (Wildman–Crippen MR) is 65.0 cm³/mol. The van der Waals surface area contributed by atoms with Gasteiger partial charge in [-0.25, -0.2) is 9.37 Å². The van der Waals surface area contributed by atoms with Crippen molar-refractivity contribution >= 4 is 16.5 Å². The summed E-state index contributed by atoms with van der Waals surface area (Å²) >= 11 is 1.26. The number of benzene rings is 1. The Hall–Kier alpha value is -1.82. The number of methoxy groups -OCH3 is 2. The van der Waals surface area contributed by atoms with Crippen molar-refractivity contribution in [3.05, 3.63) is 23.3 Å². The fourth-order valence-corrected chi connectivity index (χ4v) is 2.02. The Morgan fingerprint density at radius 1 is 1.24 bits per heavy atom. The molecule has 0 unspecified atom stereocenters. The van der Waals surface area contributed by atoms with Gasteiger partial charge in [-0.3, -0.25) is 0 Å². The number of nitrogen functional groups attached to an aromatic ring is 1. The van der Waals surface area contributed by atoms with E-state index in [9.17, 15) is 4.39 Å². The van der Waals surface area contributed by atoms with Crippen molar-refractivity contribution in [1.29, 1.82) is 0 Å². The van der Waals surface area contributed by atoms with Crippen LogP contribution in [0.1, 0.15) is 0 Å². The lowest BCUT2D eigenvalue weighted by Crippen LogP contribution is -1.94. The Morgan fingerprint density at radius 3 is 2.41 bits per heavy atom. The van der Waals surface area contributed by atoms with Gasteiger partial charge in [0.2, 0.25) is 0 Å². The molecule has 0 saturated heterocycles. The molecule has 0 aliphatic rings. The van der Waals surface area contributed by atoms with Crippen LogP contribution in [0.4, 0.5) is 9.52 Å². The van der Waals surface area contributed by atoms with E-state index in [1.165, 1.54) is 31.6 Å². The molecule has 0 amide bonds. The minimum absolute atomic E-state index is 0.343. The van der Waals surface area contributed by atoms with Gasteiger partial charge >= 0.3 is 0 Å². The standard InChI is InChI=1S/C11H11FN2O2S/c1-15-9-3-6(7(12)4-10(9)16-2)8-5-17-11(13)14-8/h3-5H,1-2H3,(H2,13,14). The molecule has 0 spiro atoms. The molecule has 6 heteroatoms. The zero-order valence-electron chi connectivity index (χ0n) is 9.36. The van der Waals surface area contributed by atoms with Crippen molar-refractivity contribution < 1.29 is 13.9 Å². The van der Waals surface area contributed by atoms with E-state index in [0.29, 0.717) is 27.9 Å². The number of ether oxygens (including phenoxy) is 2. The number of anilines is 1. The Bertz CT molecular complexity index is 542. The van der Waals surface area contributed by atoms with Gasteiger partial charge in [-0.15, -0.1) is 11.3 Å². The van der Waals surface area contributed by atoms with Gasteiger partial charge in [0.1, 0.15) is 5.82 Å². The molecule has 2 aromatic rings. The average Bonchev–Trinajstić information content (AvgIpc) is 2.75. The maximum atomic E-state index is 13.8. The first-order valence-electron chi connectivity index (χ1n) is 4.78. The van der Waals surface area contributed by atoms with E-state index in [4.69, 9.17) is 15.2 Å². The Kier molecular flexibility index (Phi) is 3.14. The highest BCUT2D eigenvalue weighted by Crippen LogP contribution is 2.35.